The number of unbranched alkanes of at least 4 members (excludes halogenated alkanes) is 3. The van der Waals surface area contributed by atoms with Gasteiger partial charge in [0.2, 0.25) is 10.0 Å². The number of rotatable bonds is 7. The highest BCUT2D eigenvalue weighted by Crippen LogP contribution is 2.20. The molecular formula is C11H16N2O2S2. The molecule has 94 valence electrons. The van der Waals surface area contributed by atoms with Crippen LogP contribution >= 0.6 is 11.3 Å². The summed E-state index contributed by atoms with van der Waals surface area (Å²) in [7, 11) is -3.42. The van der Waals surface area contributed by atoms with Crippen LogP contribution in [0, 0.1) is 11.3 Å². The summed E-state index contributed by atoms with van der Waals surface area (Å²) in [5.74, 6) is 0. The van der Waals surface area contributed by atoms with Crippen molar-refractivity contribution in [3.05, 3.63) is 17.0 Å². The molecule has 0 amide bonds. The highest BCUT2D eigenvalue weighted by molar-refractivity contribution is 7.91. The van der Waals surface area contributed by atoms with Gasteiger partial charge in [-0.1, -0.05) is 26.2 Å². The van der Waals surface area contributed by atoms with E-state index in [1.165, 1.54) is 12.1 Å². The van der Waals surface area contributed by atoms with Gasteiger partial charge in [-0.25, -0.2) is 13.1 Å². The van der Waals surface area contributed by atoms with Crippen molar-refractivity contribution in [2.24, 2.45) is 0 Å². The predicted molar refractivity (Wildman–Crippen MR) is 68.4 cm³/mol. The third-order valence-electron chi connectivity index (χ3n) is 2.28. The molecule has 0 radical (unpaired) electrons. The Morgan fingerprint density at radius 3 is 2.71 bits per heavy atom. The first-order chi connectivity index (χ1) is 8.10. The van der Waals surface area contributed by atoms with Crippen LogP contribution in [0.2, 0.25) is 0 Å². The van der Waals surface area contributed by atoms with Crippen molar-refractivity contribution in [2.75, 3.05) is 6.54 Å². The van der Waals surface area contributed by atoms with Crippen molar-refractivity contribution in [1.82, 2.24) is 4.72 Å². The predicted octanol–water partition coefficient (Wildman–Crippen LogP) is 2.48. The maximum Gasteiger partial charge on any atom is 0.250 e. The van der Waals surface area contributed by atoms with Gasteiger partial charge in [0, 0.05) is 6.54 Å². The number of nitrogens with one attached hydrogen (secondary N) is 1. The monoisotopic (exact) mass is 272 g/mol. The molecule has 1 aromatic heterocycles. The molecule has 1 aromatic rings. The van der Waals surface area contributed by atoms with Crippen LogP contribution in [0.3, 0.4) is 0 Å². The standard InChI is InChI=1S/C11H16N2O2S2/c1-2-3-4-5-8-13-17(14,15)11-7-6-10(9-12)16-11/h6-7,13H,2-5,8H2,1H3. The van der Waals surface area contributed by atoms with Crippen molar-refractivity contribution >= 4 is 21.4 Å². The first-order valence-electron chi connectivity index (χ1n) is 5.59. The molecule has 1 heterocycles. The molecule has 17 heavy (non-hydrogen) atoms. The Balaban J connectivity index is 2.49. The summed E-state index contributed by atoms with van der Waals surface area (Å²) >= 11 is 0.997. The average Bonchev–Trinajstić information content (AvgIpc) is 2.78. The second kappa shape index (κ2) is 6.74. The molecule has 1 rings (SSSR count). The third kappa shape index (κ3) is 4.46. The van der Waals surface area contributed by atoms with Crippen molar-refractivity contribution in [1.29, 1.82) is 5.26 Å². The van der Waals surface area contributed by atoms with E-state index < -0.39 is 10.0 Å². The number of nitrogens with zero attached hydrogens (tertiary/aromatic N) is 1. The average molecular weight is 272 g/mol. The topological polar surface area (TPSA) is 70.0 Å². The van der Waals surface area contributed by atoms with Gasteiger partial charge in [0.15, 0.2) is 0 Å². The molecular weight excluding hydrogens is 256 g/mol. The van der Waals surface area contributed by atoms with Crippen LogP contribution in [-0.4, -0.2) is 15.0 Å². The van der Waals surface area contributed by atoms with E-state index in [0.29, 0.717) is 11.4 Å². The van der Waals surface area contributed by atoms with Crippen LogP contribution in [0.4, 0.5) is 0 Å². The molecule has 0 unspecified atom stereocenters. The number of nitriles is 1. The second-order valence-corrected chi connectivity index (χ2v) is 6.77. The minimum absolute atomic E-state index is 0.213. The number of thiophene rings is 1. The van der Waals surface area contributed by atoms with Gasteiger partial charge in [-0.15, -0.1) is 11.3 Å². The lowest BCUT2D eigenvalue weighted by atomic mass is 10.2. The van der Waals surface area contributed by atoms with E-state index >= 15 is 0 Å². The molecule has 1 N–H and O–H groups in total. The maximum absolute atomic E-state index is 11.8. The van der Waals surface area contributed by atoms with Crippen LogP contribution in [-0.2, 0) is 10.0 Å². The van der Waals surface area contributed by atoms with E-state index in [0.717, 1.165) is 37.0 Å². The fourth-order valence-electron chi connectivity index (χ4n) is 1.35. The van der Waals surface area contributed by atoms with Gasteiger partial charge in [0.05, 0.1) is 0 Å². The van der Waals surface area contributed by atoms with Crippen molar-refractivity contribution in [3.8, 4) is 6.07 Å². The van der Waals surface area contributed by atoms with Gasteiger partial charge in [-0.3, -0.25) is 0 Å². The van der Waals surface area contributed by atoms with Crippen LogP contribution < -0.4 is 4.72 Å². The molecule has 0 spiro atoms. The molecule has 0 aromatic carbocycles. The lowest BCUT2D eigenvalue weighted by molar-refractivity contribution is 0.575. The largest absolute Gasteiger partial charge is 0.250 e. The molecule has 4 nitrogen and oxygen atoms in total. The third-order valence-corrected chi connectivity index (χ3v) is 5.22. The number of sulfonamides is 1. The summed E-state index contributed by atoms with van der Waals surface area (Å²) in [6, 6.07) is 4.92. The lowest BCUT2D eigenvalue weighted by Gasteiger charge is -2.03. The second-order valence-electron chi connectivity index (χ2n) is 3.69. The SMILES string of the molecule is CCCCCCNS(=O)(=O)c1ccc(C#N)s1. The van der Waals surface area contributed by atoms with Crippen molar-refractivity contribution in [3.63, 3.8) is 0 Å². The minimum Gasteiger partial charge on any atom is -0.210 e. The Labute approximate surface area is 106 Å². The Bertz CT molecular complexity index is 486. The molecule has 0 aliphatic carbocycles. The zero-order chi connectivity index (χ0) is 12.7. The minimum atomic E-state index is -3.42. The van der Waals surface area contributed by atoms with Crippen LogP contribution in [0.5, 0.6) is 0 Å². The van der Waals surface area contributed by atoms with E-state index in [1.54, 1.807) is 0 Å². The molecule has 0 atom stereocenters. The molecule has 0 aliphatic heterocycles. The van der Waals surface area contributed by atoms with Crippen LogP contribution in [0.25, 0.3) is 0 Å². The fourth-order valence-corrected chi connectivity index (χ4v) is 3.58. The van der Waals surface area contributed by atoms with Gasteiger partial charge in [-0.05, 0) is 18.6 Å². The number of hydrogen-bond donors (Lipinski definition) is 1. The summed E-state index contributed by atoms with van der Waals surface area (Å²) in [4.78, 5) is 0.413. The lowest BCUT2D eigenvalue weighted by Crippen LogP contribution is -2.23. The fraction of sp³-hybridized carbons (Fsp3) is 0.545. The Morgan fingerprint density at radius 2 is 2.12 bits per heavy atom. The van der Waals surface area contributed by atoms with E-state index in [9.17, 15) is 8.42 Å². The van der Waals surface area contributed by atoms with Gasteiger partial charge in [0.25, 0.3) is 0 Å². The summed E-state index contributed by atoms with van der Waals surface area (Å²) < 4.78 is 26.3. The molecule has 6 heteroatoms. The smallest absolute Gasteiger partial charge is 0.210 e. The molecule has 0 saturated heterocycles. The first-order valence-corrected chi connectivity index (χ1v) is 7.89. The first kappa shape index (κ1) is 14.2. The molecule has 0 fully saturated rings. The zero-order valence-electron chi connectivity index (χ0n) is 9.77. The quantitative estimate of drug-likeness (QED) is 0.775. The van der Waals surface area contributed by atoms with Crippen molar-refractivity contribution < 1.29 is 8.42 Å². The summed E-state index contributed by atoms with van der Waals surface area (Å²) in [5, 5.41) is 8.64. The normalized spacial score (nSPS) is 11.3. The zero-order valence-corrected chi connectivity index (χ0v) is 11.4. The highest BCUT2D eigenvalue weighted by atomic mass is 32.2. The van der Waals surface area contributed by atoms with E-state index in [1.807, 2.05) is 6.07 Å². The molecule has 0 aliphatic rings. The van der Waals surface area contributed by atoms with E-state index in [4.69, 9.17) is 5.26 Å². The Kier molecular flexibility index (Phi) is 5.62. The van der Waals surface area contributed by atoms with Crippen molar-refractivity contribution in [2.45, 2.75) is 36.8 Å². The van der Waals surface area contributed by atoms with Crippen LogP contribution in [0.15, 0.2) is 16.3 Å². The number of hydrogen-bond acceptors (Lipinski definition) is 4. The van der Waals surface area contributed by atoms with Gasteiger partial charge in [-0.2, -0.15) is 5.26 Å². The van der Waals surface area contributed by atoms with E-state index in [2.05, 4.69) is 11.6 Å². The highest BCUT2D eigenvalue weighted by Gasteiger charge is 2.15. The molecule has 0 saturated carbocycles. The van der Waals surface area contributed by atoms with Gasteiger partial charge < -0.3 is 0 Å². The maximum atomic E-state index is 11.8. The Morgan fingerprint density at radius 1 is 1.35 bits per heavy atom. The van der Waals surface area contributed by atoms with Crippen LogP contribution in [0.1, 0.15) is 37.5 Å². The van der Waals surface area contributed by atoms with Gasteiger partial charge in [0.1, 0.15) is 15.2 Å². The Hall–Kier alpha value is -0.900. The van der Waals surface area contributed by atoms with E-state index in [-0.39, 0.29) is 4.21 Å². The summed E-state index contributed by atoms with van der Waals surface area (Å²) in [6.45, 7) is 2.57. The summed E-state index contributed by atoms with van der Waals surface area (Å²) in [6.07, 6.45) is 4.14. The van der Waals surface area contributed by atoms with Gasteiger partial charge >= 0.3 is 0 Å². The molecule has 0 bridgehead atoms. The summed E-state index contributed by atoms with van der Waals surface area (Å²) in [5.41, 5.74) is 0.